The number of benzene rings is 1. The summed E-state index contributed by atoms with van der Waals surface area (Å²) in [6, 6.07) is 9.27. The molecule has 4 heteroatoms. The Hall–Kier alpha value is -1.55. The van der Waals surface area contributed by atoms with Crippen LogP contribution in [-0.2, 0) is 4.79 Å². The summed E-state index contributed by atoms with van der Waals surface area (Å²) in [6.07, 6.45) is 8.40. The summed E-state index contributed by atoms with van der Waals surface area (Å²) in [5.74, 6) is 1.08. The predicted molar refractivity (Wildman–Crippen MR) is 111 cm³/mol. The third-order valence-corrected chi connectivity index (χ3v) is 6.97. The Morgan fingerprint density at radius 2 is 1.70 bits per heavy atom. The van der Waals surface area contributed by atoms with Gasteiger partial charge in [-0.05, 0) is 50.2 Å². The normalized spacial score (nSPS) is 25.1. The molecule has 148 valence electrons. The quantitative estimate of drug-likeness (QED) is 0.810. The summed E-state index contributed by atoms with van der Waals surface area (Å²) >= 11 is 0. The molecule has 3 aliphatic rings. The minimum absolute atomic E-state index is 0.421. The number of carbonyl (C=O) groups is 1. The van der Waals surface area contributed by atoms with Crippen LogP contribution in [0.5, 0.6) is 0 Å². The number of hydrogen-bond acceptors (Lipinski definition) is 3. The summed E-state index contributed by atoms with van der Waals surface area (Å²) in [6.45, 7) is 8.56. The number of aryl methyl sites for hydroxylation is 1. The molecule has 0 bridgehead atoms. The van der Waals surface area contributed by atoms with Crippen LogP contribution in [0.2, 0.25) is 0 Å². The average Bonchev–Trinajstić information content (AvgIpc) is 3.22. The summed E-state index contributed by atoms with van der Waals surface area (Å²) in [5.41, 5.74) is 2.75. The summed E-state index contributed by atoms with van der Waals surface area (Å²) in [7, 11) is 0. The van der Waals surface area contributed by atoms with Crippen molar-refractivity contribution in [2.75, 3.05) is 44.2 Å². The van der Waals surface area contributed by atoms with Crippen molar-refractivity contribution in [3.63, 3.8) is 0 Å². The van der Waals surface area contributed by atoms with Gasteiger partial charge in [0.1, 0.15) is 0 Å². The lowest BCUT2D eigenvalue weighted by molar-refractivity contribution is -0.134. The number of anilines is 1. The third-order valence-electron chi connectivity index (χ3n) is 6.97. The number of likely N-dealkylation sites (tertiary alicyclic amines) is 1. The topological polar surface area (TPSA) is 26.8 Å². The van der Waals surface area contributed by atoms with E-state index in [4.69, 9.17) is 0 Å². The molecule has 0 aromatic heterocycles. The molecular weight excluding hydrogens is 334 g/mol. The molecule has 2 aliphatic heterocycles. The minimum atomic E-state index is 0.421. The number of nitrogens with zero attached hydrogens (tertiary/aromatic N) is 3. The molecule has 2 saturated heterocycles. The van der Waals surface area contributed by atoms with E-state index in [2.05, 4.69) is 45.9 Å². The Labute approximate surface area is 164 Å². The molecule has 1 aromatic carbocycles. The molecule has 0 unspecified atom stereocenters. The van der Waals surface area contributed by atoms with E-state index in [0.717, 1.165) is 45.7 Å². The third kappa shape index (κ3) is 4.48. The van der Waals surface area contributed by atoms with Gasteiger partial charge in [-0.1, -0.05) is 31.0 Å². The summed E-state index contributed by atoms with van der Waals surface area (Å²) in [5, 5.41) is 0. The van der Waals surface area contributed by atoms with Crippen LogP contribution in [0.15, 0.2) is 24.3 Å². The largest absolute Gasteiger partial charge is 0.369 e. The molecule has 0 radical (unpaired) electrons. The molecule has 0 spiro atoms. The van der Waals surface area contributed by atoms with E-state index >= 15 is 0 Å². The second-order valence-corrected chi connectivity index (χ2v) is 8.80. The van der Waals surface area contributed by atoms with E-state index in [1.807, 2.05) is 0 Å². The number of amides is 1. The number of piperidine rings is 1. The average molecular weight is 370 g/mol. The van der Waals surface area contributed by atoms with E-state index in [9.17, 15) is 4.79 Å². The zero-order valence-corrected chi connectivity index (χ0v) is 16.9. The van der Waals surface area contributed by atoms with E-state index in [1.165, 1.54) is 49.8 Å². The maximum absolute atomic E-state index is 12.8. The smallest absolute Gasteiger partial charge is 0.222 e. The van der Waals surface area contributed by atoms with Crippen molar-refractivity contribution in [2.24, 2.45) is 5.92 Å². The maximum Gasteiger partial charge on any atom is 0.222 e. The van der Waals surface area contributed by atoms with Crippen LogP contribution in [0, 0.1) is 12.8 Å². The van der Waals surface area contributed by atoms with Crippen molar-refractivity contribution in [1.29, 1.82) is 0 Å². The Kier molecular flexibility index (Phi) is 6.01. The van der Waals surface area contributed by atoms with E-state index in [-0.39, 0.29) is 0 Å². The van der Waals surface area contributed by atoms with Crippen molar-refractivity contribution in [1.82, 2.24) is 9.80 Å². The molecule has 1 saturated carbocycles. The summed E-state index contributed by atoms with van der Waals surface area (Å²) in [4.78, 5) is 20.1. The van der Waals surface area contributed by atoms with Gasteiger partial charge in [-0.3, -0.25) is 9.69 Å². The monoisotopic (exact) mass is 369 g/mol. The van der Waals surface area contributed by atoms with Gasteiger partial charge in [0.15, 0.2) is 0 Å². The van der Waals surface area contributed by atoms with E-state index < -0.39 is 0 Å². The van der Waals surface area contributed by atoms with Crippen LogP contribution in [0.25, 0.3) is 0 Å². The van der Waals surface area contributed by atoms with Gasteiger partial charge >= 0.3 is 0 Å². The molecule has 1 atom stereocenters. The highest BCUT2D eigenvalue weighted by atomic mass is 16.2. The standard InChI is InChI=1S/C23H35N3O/c1-19-7-2-5-11-22(19)25-15-13-24(14-16-25)21-10-6-12-26(18-21)23(27)17-20-8-3-4-9-20/h2,5,7,11,20-21H,3-4,6,8-10,12-18H2,1H3/t21-/m0/s1. The Morgan fingerprint density at radius 1 is 0.963 bits per heavy atom. The number of piperazine rings is 1. The van der Waals surface area contributed by atoms with Crippen LogP contribution in [0.1, 0.15) is 50.5 Å². The number of rotatable bonds is 4. The van der Waals surface area contributed by atoms with Gasteiger partial charge in [-0.15, -0.1) is 0 Å². The van der Waals surface area contributed by atoms with Crippen LogP contribution < -0.4 is 4.90 Å². The number of carbonyl (C=O) groups excluding carboxylic acids is 1. The molecule has 4 rings (SSSR count). The van der Waals surface area contributed by atoms with Crippen molar-refractivity contribution < 1.29 is 4.79 Å². The Morgan fingerprint density at radius 3 is 2.44 bits per heavy atom. The maximum atomic E-state index is 12.8. The van der Waals surface area contributed by atoms with Gasteiger partial charge in [-0.25, -0.2) is 0 Å². The fourth-order valence-corrected chi connectivity index (χ4v) is 5.32. The fourth-order valence-electron chi connectivity index (χ4n) is 5.32. The first-order valence-electron chi connectivity index (χ1n) is 11.0. The van der Waals surface area contributed by atoms with Gasteiger partial charge in [0.05, 0.1) is 0 Å². The highest BCUT2D eigenvalue weighted by Crippen LogP contribution is 2.29. The van der Waals surface area contributed by atoms with Gasteiger partial charge in [0, 0.05) is 57.4 Å². The lowest BCUT2D eigenvalue weighted by Gasteiger charge is -2.44. The molecule has 4 nitrogen and oxygen atoms in total. The van der Waals surface area contributed by atoms with Gasteiger partial charge < -0.3 is 9.80 Å². The minimum Gasteiger partial charge on any atom is -0.369 e. The van der Waals surface area contributed by atoms with Crippen LogP contribution in [0.3, 0.4) is 0 Å². The van der Waals surface area contributed by atoms with E-state index in [0.29, 0.717) is 17.9 Å². The lowest BCUT2D eigenvalue weighted by atomic mass is 9.99. The molecule has 0 N–H and O–H groups in total. The first-order chi connectivity index (χ1) is 13.2. The van der Waals surface area contributed by atoms with Crippen molar-refractivity contribution in [2.45, 2.75) is 57.9 Å². The Bertz CT molecular complexity index is 632. The van der Waals surface area contributed by atoms with Gasteiger partial charge in [0.25, 0.3) is 0 Å². The van der Waals surface area contributed by atoms with E-state index in [1.54, 1.807) is 0 Å². The zero-order valence-electron chi connectivity index (χ0n) is 16.9. The molecule has 2 heterocycles. The molecule has 1 amide bonds. The Balaban J connectivity index is 1.29. The molecule has 1 aliphatic carbocycles. The SMILES string of the molecule is Cc1ccccc1N1CCN([C@H]2CCCN(C(=O)CC3CCCC3)C2)CC1. The highest BCUT2D eigenvalue weighted by Gasteiger charge is 2.31. The molecular formula is C23H35N3O. The van der Waals surface area contributed by atoms with Crippen LogP contribution >= 0.6 is 0 Å². The first-order valence-corrected chi connectivity index (χ1v) is 11.0. The number of para-hydroxylation sites is 1. The van der Waals surface area contributed by atoms with Crippen molar-refractivity contribution in [3.8, 4) is 0 Å². The van der Waals surface area contributed by atoms with Gasteiger partial charge in [-0.2, -0.15) is 0 Å². The number of hydrogen-bond donors (Lipinski definition) is 0. The predicted octanol–water partition coefficient (Wildman–Crippen LogP) is 3.69. The van der Waals surface area contributed by atoms with Crippen molar-refractivity contribution >= 4 is 11.6 Å². The molecule has 1 aromatic rings. The first kappa shape index (κ1) is 18.8. The summed E-state index contributed by atoms with van der Waals surface area (Å²) < 4.78 is 0. The second kappa shape index (κ2) is 8.64. The molecule has 3 fully saturated rings. The lowest BCUT2D eigenvalue weighted by Crippen LogP contribution is -2.56. The van der Waals surface area contributed by atoms with Crippen LogP contribution in [-0.4, -0.2) is 61.0 Å². The van der Waals surface area contributed by atoms with Gasteiger partial charge in [0.2, 0.25) is 5.91 Å². The highest BCUT2D eigenvalue weighted by molar-refractivity contribution is 5.76. The fraction of sp³-hybridized carbons (Fsp3) is 0.696. The zero-order chi connectivity index (χ0) is 18.6. The van der Waals surface area contributed by atoms with Crippen molar-refractivity contribution in [3.05, 3.63) is 29.8 Å². The van der Waals surface area contributed by atoms with Crippen LogP contribution in [0.4, 0.5) is 5.69 Å². The second-order valence-electron chi connectivity index (χ2n) is 8.80. The molecule has 27 heavy (non-hydrogen) atoms.